The zero-order chi connectivity index (χ0) is 15.9. The van der Waals surface area contributed by atoms with Gasteiger partial charge in [-0.15, -0.1) is 0 Å². The maximum atomic E-state index is 12.8. The molecule has 1 aliphatic rings. The van der Waals surface area contributed by atoms with E-state index >= 15 is 0 Å². The number of nitrogens with zero attached hydrogens (tertiary/aromatic N) is 2. The Morgan fingerprint density at radius 3 is 2.68 bits per heavy atom. The van der Waals surface area contributed by atoms with Crippen molar-refractivity contribution in [3.05, 3.63) is 66.0 Å². The van der Waals surface area contributed by atoms with Gasteiger partial charge in [-0.1, -0.05) is 18.7 Å². The van der Waals surface area contributed by atoms with E-state index in [9.17, 15) is 18.0 Å². The normalized spacial score (nSPS) is 15.1. The van der Waals surface area contributed by atoms with Crippen LogP contribution in [-0.2, 0) is 24.1 Å². The smallest absolute Gasteiger partial charge is 0.337 e. The molecule has 0 bridgehead atoms. The van der Waals surface area contributed by atoms with Crippen LogP contribution in [0.25, 0.3) is 5.70 Å². The molecule has 0 unspecified atom stereocenters. The van der Waals surface area contributed by atoms with Gasteiger partial charge in [0.05, 0.1) is 23.5 Å². The van der Waals surface area contributed by atoms with Crippen LogP contribution in [0.4, 0.5) is 13.2 Å². The van der Waals surface area contributed by atoms with Crippen molar-refractivity contribution in [2.24, 2.45) is 0 Å². The fourth-order valence-electron chi connectivity index (χ4n) is 2.55. The maximum absolute atomic E-state index is 12.8. The lowest BCUT2D eigenvalue weighted by Crippen LogP contribution is -2.36. The minimum absolute atomic E-state index is 0.0762. The first-order valence-corrected chi connectivity index (χ1v) is 6.67. The van der Waals surface area contributed by atoms with Crippen molar-refractivity contribution >= 4 is 11.6 Å². The number of alkyl halides is 3. The Morgan fingerprint density at radius 1 is 1.18 bits per heavy atom. The molecule has 0 aliphatic carbocycles. The molecule has 0 radical (unpaired) electrons. The van der Waals surface area contributed by atoms with Gasteiger partial charge in [0.2, 0.25) is 5.91 Å². The first kappa shape index (κ1) is 14.4. The van der Waals surface area contributed by atoms with Crippen molar-refractivity contribution in [3.8, 4) is 0 Å². The quantitative estimate of drug-likeness (QED) is 0.833. The molecule has 2 heterocycles. The highest BCUT2D eigenvalue weighted by Gasteiger charge is 2.31. The van der Waals surface area contributed by atoms with Gasteiger partial charge in [0, 0.05) is 6.20 Å². The van der Waals surface area contributed by atoms with Crippen molar-refractivity contribution in [2.45, 2.75) is 19.3 Å². The van der Waals surface area contributed by atoms with Gasteiger partial charge in [0.1, 0.15) is 6.54 Å². The van der Waals surface area contributed by atoms with E-state index in [2.05, 4.69) is 6.58 Å². The lowest BCUT2D eigenvalue weighted by Gasteiger charge is -2.30. The number of hydrogen-bond donors (Lipinski definition) is 0. The Kier molecular flexibility index (Phi) is 3.31. The fraction of sp³-hybridized carbons (Fsp3) is 0.188. The molecule has 0 saturated heterocycles. The first-order chi connectivity index (χ1) is 10.4. The van der Waals surface area contributed by atoms with E-state index in [4.69, 9.17) is 0 Å². The van der Waals surface area contributed by atoms with E-state index in [1.54, 1.807) is 16.8 Å². The molecule has 0 fully saturated rings. The summed E-state index contributed by atoms with van der Waals surface area (Å²) < 4.78 is 40.0. The summed E-state index contributed by atoms with van der Waals surface area (Å²) in [5.74, 6) is -0.189. The third-order valence-corrected chi connectivity index (χ3v) is 3.65. The van der Waals surface area contributed by atoms with E-state index in [0.717, 1.165) is 17.8 Å². The zero-order valence-corrected chi connectivity index (χ0v) is 11.6. The molecule has 3 nitrogen and oxygen atoms in total. The van der Waals surface area contributed by atoms with E-state index < -0.39 is 11.7 Å². The monoisotopic (exact) mass is 306 g/mol. The molecule has 2 aromatic rings. The van der Waals surface area contributed by atoms with Crippen LogP contribution in [0, 0.1) is 0 Å². The number of carbonyl (C=O) groups is 1. The Morgan fingerprint density at radius 2 is 1.95 bits per heavy atom. The molecule has 114 valence electrons. The Hall–Kier alpha value is -2.50. The molecule has 1 amide bonds. The molecule has 0 saturated carbocycles. The summed E-state index contributed by atoms with van der Waals surface area (Å²) in [5, 5.41) is 0. The number of rotatable bonds is 2. The lowest BCUT2D eigenvalue weighted by molar-refractivity contribution is -0.137. The van der Waals surface area contributed by atoms with Gasteiger partial charge in [-0.05, 0) is 29.8 Å². The topological polar surface area (TPSA) is 25.2 Å². The zero-order valence-electron chi connectivity index (χ0n) is 11.6. The molecule has 0 N–H and O–H groups in total. The standard InChI is InChI=1S/C16H13F3N2O/c1-11-14-6-3-7-20(14)10-15(22)21(11)9-12-4-2-5-13(8-12)16(17,18)19/h2-8H,1,9-10H2. The Balaban J connectivity index is 1.88. The number of aromatic nitrogens is 1. The van der Waals surface area contributed by atoms with Crippen molar-refractivity contribution in [3.63, 3.8) is 0 Å². The highest BCUT2D eigenvalue weighted by atomic mass is 19.4. The molecule has 1 aromatic carbocycles. The summed E-state index contributed by atoms with van der Waals surface area (Å²) in [5.41, 5.74) is 0.998. The number of hydrogen-bond acceptors (Lipinski definition) is 1. The average Bonchev–Trinajstić information content (AvgIpc) is 2.91. The molecule has 0 spiro atoms. The van der Waals surface area contributed by atoms with E-state index in [1.807, 2.05) is 12.1 Å². The summed E-state index contributed by atoms with van der Waals surface area (Å²) in [6, 6.07) is 8.63. The van der Waals surface area contributed by atoms with Crippen LogP contribution in [0.1, 0.15) is 16.8 Å². The molecular formula is C16H13F3N2O. The largest absolute Gasteiger partial charge is 0.416 e. The number of benzene rings is 1. The second-order valence-corrected chi connectivity index (χ2v) is 5.15. The molecule has 1 aliphatic heterocycles. The van der Waals surface area contributed by atoms with E-state index in [1.165, 1.54) is 11.0 Å². The van der Waals surface area contributed by atoms with Gasteiger partial charge in [-0.3, -0.25) is 4.79 Å². The SMILES string of the molecule is C=C1c2cccn2CC(=O)N1Cc1cccc(C(F)(F)F)c1. The van der Waals surface area contributed by atoms with Gasteiger partial charge in [-0.25, -0.2) is 0 Å². The Labute approximate surface area is 125 Å². The fourth-order valence-corrected chi connectivity index (χ4v) is 2.55. The number of fused-ring (bicyclic) bond motifs is 1. The van der Waals surface area contributed by atoms with E-state index in [0.29, 0.717) is 11.3 Å². The van der Waals surface area contributed by atoms with Gasteiger partial charge in [0.15, 0.2) is 0 Å². The van der Waals surface area contributed by atoms with Crippen LogP contribution in [0.15, 0.2) is 49.2 Å². The lowest BCUT2D eigenvalue weighted by atomic mass is 10.1. The van der Waals surface area contributed by atoms with E-state index in [-0.39, 0.29) is 19.0 Å². The molecule has 1 aromatic heterocycles. The highest BCUT2D eigenvalue weighted by Crippen LogP contribution is 2.31. The highest BCUT2D eigenvalue weighted by molar-refractivity contribution is 5.88. The summed E-state index contributed by atoms with van der Waals surface area (Å²) in [6.07, 6.45) is -2.62. The van der Waals surface area contributed by atoms with Crippen molar-refractivity contribution in [1.82, 2.24) is 9.47 Å². The average molecular weight is 306 g/mol. The molecule has 3 rings (SSSR count). The van der Waals surface area contributed by atoms with Crippen molar-refractivity contribution in [1.29, 1.82) is 0 Å². The number of halogens is 3. The second kappa shape index (κ2) is 5.05. The number of amides is 1. The van der Waals surface area contributed by atoms with Crippen LogP contribution in [0.5, 0.6) is 0 Å². The third kappa shape index (κ3) is 2.52. The molecular weight excluding hydrogens is 293 g/mol. The first-order valence-electron chi connectivity index (χ1n) is 6.67. The number of carbonyl (C=O) groups excluding carboxylic acids is 1. The predicted octanol–water partition coefficient (Wildman–Crippen LogP) is 3.52. The molecule has 22 heavy (non-hydrogen) atoms. The van der Waals surface area contributed by atoms with Gasteiger partial charge < -0.3 is 9.47 Å². The van der Waals surface area contributed by atoms with Crippen LogP contribution in [0.2, 0.25) is 0 Å². The van der Waals surface area contributed by atoms with Crippen LogP contribution >= 0.6 is 0 Å². The van der Waals surface area contributed by atoms with Crippen molar-refractivity contribution < 1.29 is 18.0 Å². The summed E-state index contributed by atoms with van der Waals surface area (Å²) in [7, 11) is 0. The second-order valence-electron chi connectivity index (χ2n) is 5.15. The third-order valence-electron chi connectivity index (χ3n) is 3.65. The van der Waals surface area contributed by atoms with Crippen LogP contribution < -0.4 is 0 Å². The molecule has 6 heteroatoms. The minimum Gasteiger partial charge on any atom is -0.337 e. The predicted molar refractivity (Wildman–Crippen MR) is 75.5 cm³/mol. The van der Waals surface area contributed by atoms with Gasteiger partial charge in [0.25, 0.3) is 0 Å². The van der Waals surface area contributed by atoms with Crippen LogP contribution in [-0.4, -0.2) is 15.4 Å². The van der Waals surface area contributed by atoms with Gasteiger partial charge in [-0.2, -0.15) is 13.2 Å². The Bertz CT molecular complexity index is 746. The summed E-state index contributed by atoms with van der Waals surface area (Å²) in [6.45, 7) is 4.13. The van der Waals surface area contributed by atoms with Crippen molar-refractivity contribution in [2.75, 3.05) is 0 Å². The van der Waals surface area contributed by atoms with Crippen LogP contribution in [0.3, 0.4) is 0 Å². The minimum atomic E-state index is -4.40. The molecule has 0 atom stereocenters. The summed E-state index contributed by atoms with van der Waals surface area (Å²) >= 11 is 0. The maximum Gasteiger partial charge on any atom is 0.416 e. The van der Waals surface area contributed by atoms with Gasteiger partial charge >= 0.3 is 6.18 Å². The summed E-state index contributed by atoms with van der Waals surface area (Å²) in [4.78, 5) is 13.6.